The minimum absolute atomic E-state index is 0.115. The number of piperidine rings is 1. The minimum Gasteiger partial charge on any atom is -0.444 e. The average Bonchev–Trinajstić information content (AvgIpc) is 2.80. The van der Waals surface area contributed by atoms with Crippen LogP contribution in [-0.2, 0) is 9.47 Å². The minimum atomic E-state index is -0.473. The van der Waals surface area contributed by atoms with Crippen molar-refractivity contribution in [3.05, 3.63) is 0 Å². The lowest BCUT2D eigenvalue weighted by molar-refractivity contribution is -0.0232. The van der Waals surface area contributed by atoms with Gasteiger partial charge in [0, 0.05) is 32.2 Å². The number of hydrogen-bond donors (Lipinski definition) is 1. The zero-order valence-corrected chi connectivity index (χ0v) is 12.1. The lowest BCUT2D eigenvalue weighted by atomic mass is 9.83. The fourth-order valence-electron chi connectivity index (χ4n) is 2.82. The van der Waals surface area contributed by atoms with Crippen LogP contribution in [0.2, 0.25) is 0 Å². The van der Waals surface area contributed by atoms with E-state index in [0.717, 1.165) is 13.0 Å². The van der Waals surface area contributed by atoms with Gasteiger partial charge in [-0.2, -0.15) is 0 Å². The molecule has 0 saturated carbocycles. The van der Waals surface area contributed by atoms with Gasteiger partial charge in [-0.1, -0.05) is 0 Å². The van der Waals surface area contributed by atoms with Crippen LogP contribution in [0, 0.1) is 11.8 Å². The third kappa shape index (κ3) is 3.83. The average molecular weight is 271 g/mol. The van der Waals surface area contributed by atoms with Crippen LogP contribution in [0.5, 0.6) is 0 Å². The highest BCUT2D eigenvalue weighted by Crippen LogP contribution is 2.30. The Morgan fingerprint density at radius 2 is 2.11 bits per heavy atom. The van der Waals surface area contributed by atoms with Crippen molar-refractivity contribution in [3.63, 3.8) is 0 Å². The summed E-state index contributed by atoms with van der Waals surface area (Å²) in [5, 5.41) is 10.1. The predicted molar refractivity (Wildman–Crippen MR) is 70.8 cm³/mol. The zero-order chi connectivity index (χ0) is 14.0. The predicted octanol–water partition coefficient (Wildman–Crippen LogP) is 1.64. The summed E-state index contributed by atoms with van der Waals surface area (Å²) in [7, 11) is 0. The van der Waals surface area contributed by atoms with Crippen LogP contribution in [0.1, 0.15) is 33.6 Å². The summed E-state index contributed by atoms with van der Waals surface area (Å²) in [6.07, 6.45) is 0.998. The summed E-state index contributed by atoms with van der Waals surface area (Å²) in [4.78, 5) is 13.8. The summed E-state index contributed by atoms with van der Waals surface area (Å²) in [5.74, 6) is 0.476. The van der Waals surface area contributed by atoms with E-state index in [1.54, 1.807) is 4.90 Å². The van der Waals surface area contributed by atoms with E-state index in [2.05, 4.69) is 0 Å². The van der Waals surface area contributed by atoms with E-state index in [0.29, 0.717) is 32.0 Å². The molecule has 0 radical (unpaired) electrons. The van der Waals surface area contributed by atoms with Crippen molar-refractivity contribution in [2.75, 3.05) is 26.3 Å². The number of aliphatic hydroxyl groups is 1. The van der Waals surface area contributed by atoms with Crippen LogP contribution in [0.3, 0.4) is 0 Å². The third-order valence-corrected chi connectivity index (χ3v) is 3.84. The van der Waals surface area contributed by atoms with Crippen molar-refractivity contribution in [2.45, 2.75) is 45.3 Å². The van der Waals surface area contributed by atoms with Crippen molar-refractivity contribution in [3.8, 4) is 0 Å². The molecule has 2 aliphatic rings. The molecule has 2 fully saturated rings. The Bertz CT molecular complexity index is 320. The Morgan fingerprint density at radius 3 is 2.68 bits per heavy atom. The van der Waals surface area contributed by atoms with Crippen molar-refractivity contribution in [2.24, 2.45) is 11.8 Å². The van der Waals surface area contributed by atoms with Gasteiger partial charge in [-0.3, -0.25) is 0 Å². The number of aliphatic hydroxyl groups excluding tert-OH is 1. The molecule has 0 bridgehead atoms. The van der Waals surface area contributed by atoms with Crippen molar-refractivity contribution < 1.29 is 19.4 Å². The molecule has 3 atom stereocenters. The van der Waals surface area contributed by atoms with Gasteiger partial charge in [0.25, 0.3) is 0 Å². The summed E-state index contributed by atoms with van der Waals surface area (Å²) in [6.45, 7) is 8.21. The Balaban J connectivity index is 1.94. The highest BCUT2D eigenvalue weighted by molar-refractivity contribution is 5.68. The standard InChI is InChI=1S/C14H25NO4/c1-14(2,3)19-13(17)15-6-4-12(16)11(8-15)10-5-7-18-9-10/h10-12,16H,4-9H2,1-3H3/t10-,11+,12+/m1/s1. The number of nitrogens with zero attached hydrogens (tertiary/aromatic N) is 1. The van der Waals surface area contributed by atoms with E-state index >= 15 is 0 Å². The molecule has 0 unspecified atom stereocenters. The molecule has 0 aliphatic carbocycles. The molecule has 5 heteroatoms. The SMILES string of the molecule is CC(C)(C)OC(=O)N1CC[C@H](O)[C@H]([C@@H]2CCOC2)C1. The number of carbonyl (C=O) groups is 1. The largest absolute Gasteiger partial charge is 0.444 e. The first-order valence-corrected chi connectivity index (χ1v) is 7.10. The van der Waals surface area contributed by atoms with Crippen LogP contribution in [0.25, 0.3) is 0 Å². The molecule has 2 saturated heterocycles. The molecule has 0 aromatic rings. The second-order valence-electron chi connectivity index (χ2n) is 6.57. The summed E-state index contributed by atoms with van der Waals surface area (Å²) < 4.78 is 10.8. The van der Waals surface area contributed by atoms with Gasteiger partial charge in [0.1, 0.15) is 5.60 Å². The fraction of sp³-hybridized carbons (Fsp3) is 0.929. The highest BCUT2D eigenvalue weighted by Gasteiger charge is 2.38. The molecule has 2 aliphatic heterocycles. The lowest BCUT2D eigenvalue weighted by Gasteiger charge is -2.39. The van der Waals surface area contributed by atoms with Crippen LogP contribution in [-0.4, -0.2) is 54.1 Å². The van der Waals surface area contributed by atoms with E-state index < -0.39 is 5.60 Å². The molecule has 0 aromatic heterocycles. The normalized spacial score (nSPS) is 32.4. The van der Waals surface area contributed by atoms with Gasteiger partial charge in [-0.05, 0) is 39.5 Å². The fourth-order valence-corrected chi connectivity index (χ4v) is 2.82. The number of amides is 1. The van der Waals surface area contributed by atoms with E-state index in [1.165, 1.54) is 0 Å². The van der Waals surface area contributed by atoms with Gasteiger partial charge in [0.2, 0.25) is 0 Å². The molecule has 110 valence electrons. The quantitative estimate of drug-likeness (QED) is 0.787. The second-order valence-corrected chi connectivity index (χ2v) is 6.57. The maximum Gasteiger partial charge on any atom is 0.410 e. The maximum absolute atomic E-state index is 12.1. The van der Waals surface area contributed by atoms with Gasteiger partial charge in [0.05, 0.1) is 6.10 Å². The maximum atomic E-state index is 12.1. The molecular formula is C14H25NO4. The first kappa shape index (κ1) is 14.6. The van der Waals surface area contributed by atoms with E-state index in [9.17, 15) is 9.90 Å². The number of likely N-dealkylation sites (tertiary alicyclic amines) is 1. The Hall–Kier alpha value is -0.810. The molecule has 0 spiro atoms. The first-order valence-electron chi connectivity index (χ1n) is 7.10. The van der Waals surface area contributed by atoms with E-state index in [-0.39, 0.29) is 18.1 Å². The third-order valence-electron chi connectivity index (χ3n) is 3.84. The topological polar surface area (TPSA) is 59.0 Å². The Labute approximate surface area is 114 Å². The molecule has 0 aromatic carbocycles. The molecule has 2 heterocycles. The molecule has 5 nitrogen and oxygen atoms in total. The molecular weight excluding hydrogens is 246 g/mol. The van der Waals surface area contributed by atoms with Crippen molar-refractivity contribution in [1.82, 2.24) is 4.90 Å². The summed E-state index contributed by atoms with van der Waals surface area (Å²) >= 11 is 0. The molecule has 2 rings (SSSR count). The Kier molecular flexibility index (Phi) is 4.36. The number of hydrogen-bond acceptors (Lipinski definition) is 4. The monoisotopic (exact) mass is 271 g/mol. The van der Waals surface area contributed by atoms with E-state index in [4.69, 9.17) is 9.47 Å². The van der Waals surface area contributed by atoms with Gasteiger partial charge < -0.3 is 19.5 Å². The van der Waals surface area contributed by atoms with Crippen LogP contribution in [0.15, 0.2) is 0 Å². The van der Waals surface area contributed by atoms with Gasteiger partial charge in [0.15, 0.2) is 0 Å². The van der Waals surface area contributed by atoms with Crippen LogP contribution < -0.4 is 0 Å². The lowest BCUT2D eigenvalue weighted by Crippen LogP contribution is -2.49. The van der Waals surface area contributed by atoms with Crippen LogP contribution in [0.4, 0.5) is 4.79 Å². The van der Waals surface area contributed by atoms with Crippen LogP contribution >= 0.6 is 0 Å². The number of ether oxygens (including phenoxy) is 2. The van der Waals surface area contributed by atoms with Crippen molar-refractivity contribution in [1.29, 1.82) is 0 Å². The highest BCUT2D eigenvalue weighted by atomic mass is 16.6. The Morgan fingerprint density at radius 1 is 1.37 bits per heavy atom. The summed E-state index contributed by atoms with van der Waals surface area (Å²) in [5.41, 5.74) is -0.473. The molecule has 1 amide bonds. The molecule has 1 N–H and O–H groups in total. The smallest absolute Gasteiger partial charge is 0.410 e. The van der Waals surface area contributed by atoms with E-state index in [1.807, 2.05) is 20.8 Å². The number of rotatable bonds is 1. The second kappa shape index (κ2) is 5.67. The number of carbonyl (C=O) groups excluding carboxylic acids is 1. The first-order chi connectivity index (χ1) is 8.87. The molecule has 19 heavy (non-hydrogen) atoms. The van der Waals surface area contributed by atoms with Gasteiger partial charge >= 0.3 is 6.09 Å². The zero-order valence-electron chi connectivity index (χ0n) is 12.1. The summed E-state index contributed by atoms with van der Waals surface area (Å²) in [6, 6.07) is 0. The van der Waals surface area contributed by atoms with Crippen molar-refractivity contribution >= 4 is 6.09 Å². The van der Waals surface area contributed by atoms with Gasteiger partial charge in [-0.25, -0.2) is 4.79 Å². The van der Waals surface area contributed by atoms with Gasteiger partial charge in [-0.15, -0.1) is 0 Å².